The number of nitrogens with one attached hydrogen (secondary N) is 1. The molecule has 1 N–H and O–H groups in total. The summed E-state index contributed by atoms with van der Waals surface area (Å²) >= 11 is 3.13. The lowest BCUT2D eigenvalue weighted by Crippen LogP contribution is -2.02. The molecule has 0 bridgehead atoms. The average molecular weight is 256 g/mol. The van der Waals surface area contributed by atoms with E-state index in [1.807, 2.05) is 6.92 Å². The fourth-order valence-electron chi connectivity index (χ4n) is 1.11. The summed E-state index contributed by atoms with van der Waals surface area (Å²) in [7, 11) is 0. The van der Waals surface area contributed by atoms with Crippen molar-refractivity contribution >= 4 is 21.6 Å². The van der Waals surface area contributed by atoms with Crippen LogP contribution in [-0.4, -0.2) is 6.54 Å². The molecule has 0 saturated carbocycles. The molecule has 0 aliphatic carbocycles. The number of hydrogen-bond donors (Lipinski definition) is 1. The van der Waals surface area contributed by atoms with Gasteiger partial charge in [0.2, 0.25) is 0 Å². The van der Waals surface area contributed by atoms with E-state index in [0.29, 0.717) is 17.4 Å². The van der Waals surface area contributed by atoms with E-state index in [9.17, 15) is 4.39 Å². The van der Waals surface area contributed by atoms with Crippen LogP contribution in [0.3, 0.4) is 0 Å². The molecule has 1 rings (SSSR count). The number of benzene rings is 1. The monoisotopic (exact) mass is 255 g/mol. The molecule has 0 heterocycles. The Hall–Kier alpha value is -1.01. The van der Waals surface area contributed by atoms with Gasteiger partial charge in [-0.1, -0.05) is 0 Å². The fourth-order valence-corrected chi connectivity index (χ4v) is 1.56. The van der Waals surface area contributed by atoms with E-state index < -0.39 is 0 Å². The molecule has 14 heavy (non-hydrogen) atoms. The third-order valence-corrected chi connectivity index (χ3v) is 2.46. The highest BCUT2D eigenvalue weighted by Crippen LogP contribution is 2.23. The maximum Gasteiger partial charge on any atom is 0.139 e. The topological polar surface area (TPSA) is 12.0 Å². The van der Waals surface area contributed by atoms with Crippen LogP contribution in [0.4, 0.5) is 10.1 Å². The second kappa shape index (κ2) is 5.02. The highest BCUT2D eigenvalue weighted by Gasteiger charge is 2.03. The quantitative estimate of drug-likeness (QED) is 0.646. The lowest BCUT2D eigenvalue weighted by atomic mass is 10.2. The normalized spacial score (nSPS) is 9.57. The van der Waals surface area contributed by atoms with Gasteiger partial charge in [0.1, 0.15) is 5.82 Å². The van der Waals surface area contributed by atoms with E-state index in [4.69, 9.17) is 6.42 Å². The highest BCUT2D eigenvalue weighted by atomic mass is 79.9. The lowest BCUT2D eigenvalue weighted by molar-refractivity contribution is 0.621. The average Bonchev–Trinajstić information content (AvgIpc) is 2.14. The van der Waals surface area contributed by atoms with E-state index in [1.165, 1.54) is 6.07 Å². The zero-order chi connectivity index (χ0) is 10.6. The Bertz CT molecular complexity index is 368. The van der Waals surface area contributed by atoms with Crippen molar-refractivity contribution in [2.24, 2.45) is 0 Å². The van der Waals surface area contributed by atoms with Crippen LogP contribution in [-0.2, 0) is 0 Å². The third kappa shape index (κ3) is 2.74. The van der Waals surface area contributed by atoms with Gasteiger partial charge in [-0.15, -0.1) is 12.3 Å². The van der Waals surface area contributed by atoms with Crippen molar-refractivity contribution in [3.8, 4) is 12.3 Å². The van der Waals surface area contributed by atoms with Crippen molar-refractivity contribution in [2.45, 2.75) is 13.3 Å². The lowest BCUT2D eigenvalue weighted by Gasteiger charge is -2.08. The zero-order valence-corrected chi connectivity index (χ0v) is 9.49. The largest absolute Gasteiger partial charge is 0.384 e. The number of aryl methyl sites for hydroxylation is 1. The second-order valence-electron chi connectivity index (χ2n) is 2.96. The van der Waals surface area contributed by atoms with E-state index in [-0.39, 0.29) is 5.82 Å². The Labute approximate surface area is 91.8 Å². The SMILES string of the molecule is C#CCCNc1cc(F)c(Br)cc1C. The number of hydrogen-bond acceptors (Lipinski definition) is 1. The molecule has 0 saturated heterocycles. The summed E-state index contributed by atoms with van der Waals surface area (Å²) in [6, 6.07) is 3.21. The van der Waals surface area contributed by atoms with Crippen molar-refractivity contribution in [2.75, 3.05) is 11.9 Å². The molecule has 0 atom stereocenters. The minimum absolute atomic E-state index is 0.265. The van der Waals surface area contributed by atoms with Crippen molar-refractivity contribution in [1.82, 2.24) is 0 Å². The molecule has 1 nitrogen and oxygen atoms in total. The summed E-state index contributed by atoms with van der Waals surface area (Å²) in [5.41, 5.74) is 1.79. The summed E-state index contributed by atoms with van der Waals surface area (Å²) in [6.45, 7) is 2.58. The van der Waals surface area contributed by atoms with E-state index >= 15 is 0 Å². The maximum atomic E-state index is 13.1. The van der Waals surface area contributed by atoms with Crippen LogP contribution in [0.1, 0.15) is 12.0 Å². The summed E-state index contributed by atoms with van der Waals surface area (Å²) in [5.74, 6) is 2.25. The predicted molar refractivity (Wildman–Crippen MR) is 60.8 cm³/mol. The summed E-state index contributed by atoms with van der Waals surface area (Å²) in [4.78, 5) is 0. The van der Waals surface area contributed by atoms with E-state index in [1.54, 1.807) is 6.07 Å². The van der Waals surface area contributed by atoms with Crippen LogP contribution in [0.5, 0.6) is 0 Å². The molecule has 0 fully saturated rings. The molecule has 0 aliphatic heterocycles. The summed E-state index contributed by atoms with van der Waals surface area (Å²) in [5, 5.41) is 3.08. The van der Waals surface area contributed by atoms with Crippen molar-refractivity contribution in [3.05, 3.63) is 28.0 Å². The Morgan fingerprint density at radius 3 is 2.93 bits per heavy atom. The molecular weight excluding hydrogens is 245 g/mol. The minimum atomic E-state index is -0.265. The standard InChI is InChI=1S/C11H11BrFN/c1-3-4-5-14-11-7-10(13)9(12)6-8(11)2/h1,6-7,14H,4-5H2,2H3. The minimum Gasteiger partial charge on any atom is -0.384 e. The maximum absolute atomic E-state index is 13.1. The molecule has 3 heteroatoms. The van der Waals surface area contributed by atoms with E-state index in [0.717, 1.165) is 11.3 Å². The number of rotatable bonds is 3. The third-order valence-electron chi connectivity index (χ3n) is 1.85. The first-order valence-corrected chi connectivity index (χ1v) is 5.07. The van der Waals surface area contributed by atoms with Crippen LogP contribution >= 0.6 is 15.9 Å². The fraction of sp³-hybridized carbons (Fsp3) is 0.273. The van der Waals surface area contributed by atoms with Gasteiger partial charge in [0.15, 0.2) is 0 Å². The van der Waals surface area contributed by atoms with Crippen LogP contribution in [0.25, 0.3) is 0 Å². The van der Waals surface area contributed by atoms with Crippen molar-refractivity contribution in [3.63, 3.8) is 0 Å². The van der Waals surface area contributed by atoms with Gasteiger partial charge in [-0.05, 0) is 40.5 Å². The van der Waals surface area contributed by atoms with Crippen LogP contribution in [0, 0.1) is 25.1 Å². The Kier molecular flexibility index (Phi) is 3.97. The summed E-state index contributed by atoms with van der Waals surface area (Å²) in [6.07, 6.45) is 5.75. The molecule has 0 aromatic heterocycles. The Balaban J connectivity index is 2.78. The molecule has 0 radical (unpaired) electrons. The first-order valence-electron chi connectivity index (χ1n) is 4.28. The molecule has 0 amide bonds. The van der Waals surface area contributed by atoms with Crippen molar-refractivity contribution in [1.29, 1.82) is 0 Å². The van der Waals surface area contributed by atoms with Gasteiger partial charge in [-0.3, -0.25) is 0 Å². The number of anilines is 1. The van der Waals surface area contributed by atoms with Gasteiger partial charge in [0.25, 0.3) is 0 Å². The molecule has 0 aliphatic rings. The van der Waals surface area contributed by atoms with Crippen LogP contribution < -0.4 is 5.32 Å². The van der Waals surface area contributed by atoms with Crippen LogP contribution in [0.15, 0.2) is 16.6 Å². The first-order chi connectivity index (χ1) is 6.65. The second-order valence-corrected chi connectivity index (χ2v) is 3.82. The highest BCUT2D eigenvalue weighted by molar-refractivity contribution is 9.10. The zero-order valence-electron chi connectivity index (χ0n) is 7.90. The van der Waals surface area contributed by atoms with Gasteiger partial charge < -0.3 is 5.32 Å². The molecular formula is C11H11BrFN. The predicted octanol–water partition coefficient (Wildman–Crippen LogP) is 3.33. The molecule has 1 aromatic carbocycles. The molecule has 1 aromatic rings. The Morgan fingerprint density at radius 1 is 1.57 bits per heavy atom. The molecule has 74 valence electrons. The summed E-state index contributed by atoms with van der Waals surface area (Å²) < 4.78 is 13.6. The van der Waals surface area contributed by atoms with E-state index in [2.05, 4.69) is 27.2 Å². The van der Waals surface area contributed by atoms with Crippen LogP contribution in [0.2, 0.25) is 0 Å². The van der Waals surface area contributed by atoms with Gasteiger partial charge >= 0.3 is 0 Å². The molecule has 0 unspecified atom stereocenters. The van der Waals surface area contributed by atoms with Gasteiger partial charge in [0, 0.05) is 18.7 Å². The number of terminal acetylenes is 1. The smallest absolute Gasteiger partial charge is 0.139 e. The van der Waals surface area contributed by atoms with Crippen molar-refractivity contribution < 1.29 is 4.39 Å². The van der Waals surface area contributed by atoms with Gasteiger partial charge in [0.05, 0.1) is 4.47 Å². The molecule has 0 spiro atoms. The number of halogens is 2. The Morgan fingerprint density at radius 2 is 2.29 bits per heavy atom. The van der Waals surface area contributed by atoms with Gasteiger partial charge in [-0.2, -0.15) is 0 Å². The first kappa shape index (κ1) is 11.1. The van der Waals surface area contributed by atoms with Gasteiger partial charge in [-0.25, -0.2) is 4.39 Å².